The average molecular weight is 166 g/mol. The molecule has 0 unspecified atom stereocenters. The first-order chi connectivity index (χ1) is 5.57. The Bertz CT molecular complexity index is 199. The van der Waals surface area contributed by atoms with Gasteiger partial charge < -0.3 is 0 Å². The van der Waals surface area contributed by atoms with E-state index in [4.69, 9.17) is 0 Å². The van der Waals surface area contributed by atoms with E-state index in [1.807, 2.05) is 26.8 Å². The molecule has 0 bridgehead atoms. The average Bonchev–Trinajstić information content (AvgIpc) is 2.02. The highest BCUT2D eigenvalue weighted by Crippen LogP contribution is 2.05. The highest BCUT2D eigenvalue weighted by molar-refractivity contribution is 5.94. The number of carbonyl (C=O) groups excluding carboxylic acids is 1. The van der Waals surface area contributed by atoms with Crippen LogP contribution in [0.5, 0.6) is 0 Å². The van der Waals surface area contributed by atoms with Gasteiger partial charge >= 0.3 is 0 Å². The van der Waals surface area contributed by atoms with Crippen LogP contribution in [0.4, 0.5) is 0 Å². The molecule has 12 heavy (non-hydrogen) atoms. The van der Waals surface area contributed by atoms with Crippen molar-refractivity contribution in [3.8, 4) is 0 Å². The Morgan fingerprint density at radius 1 is 1.42 bits per heavy atom. The van der Waals surface area contributed by atoms with Crippen molar-refractivity contribution in [3.63, 3.8) is 0 Å². The third-order valence-corrected chi connectivity index (χ3v) is 1.78. The summed E-state index contributed by atoms with van der Waals surface area (Å²) in [4.78, 5) is 11.1. The molecule has 0 N–H and O–H groups in total. The molecule has 1 nitrogen and oxygen atoms in total. The second-order valence-corrected chi connectivity index (χ2v) is 3.16. The minimum Gasteiger partial charge on any atom is -0.295 e. The summed E-state index contributed by atoms with van der Waals surface area (Å²) in [5.74, 6) is 0.247. The lowest BCUT2D eigenvalue weighted by atomic mass is 10.1. The van der Waals surface area contributed by atoms with Crippen LogP contribution in [0.25, 0.3) is 0 Å². The monoisotopic (exact) mass is 166 g/mol. The molecule has 0 radical (unpaired) electrons. The quantitative estimate of drug-likeness (QED) is 0.452. The third kappa shape index (κ3) is 4.89. The molecule has 0 fully saturated rings. The number of allylic oxidation sites excluding steroid dienone is 3. The summed E-state index contributed by atoms with van der Waals surface area (Å²) in [6.07, 6.45) is 4.52. The fourth-order valence-electron chi connectivity index (χ4n) is 0.928. The van der Waals surface area contributed by atoms with Crippen molar-refractivity contribution in [2.45, 2.75) is 40.0 Å². The maximum Gasteiger partial charge on any atom is 0.157 e. The van der Waals surface area contributed by atoms with Crippen LogP contribution >= 0.6 is 0 Å². The molecule has 0 amide bonds. The zero-order valence-electron chi connectivity index (χ0n) is 8.31. The van der Waals surface area contributed by atoms with Crippen molar-refractivity contribution < 1.29 is 4.79 Å². The summed E-state index contributed by atoms with van der Waals surface area (Å²) in [5, 5.41) is 0. The van der Waals surface area contributed by atoms with Crippen molar-refractivity contribution in [3.05, 3.63) is 23.8 Å². The Morgan fingerprint density at radius 2 is 2.00 bits per heavy atom. The van der Waals surface area contributed by atoms with Crippen molar-refractivity contribution in [1.29, 1.82) is 0 Å². The first kappa shape index (κ1) is 11.2. The first-order valence-electron chi connectivity index (χ1n) is 4.42. The highest BCUT2D eigenvalue weighted by atomic mass is 16.1. The van der Waals surface area contributed by atoms with Gasteiger partial charge in [-0.2, -0.15) is 0 Å². The largest absolute Gasteiger partial charge is 0.295 e. The molecule has 1 heteroatoms. The molecule has 0 saturated carbocycles. The lowest BCUT2D eigenvalue weighted by Crippen LogP contribution is -1.95. The Labute approximate surface area is 75.2 Å². The van der Waals surface area contributed by atoms with Crippen molar-refractivity contribution in [2.24, 2.45) is 0 Å². The van der Waals surface area contributed by atoms with E-state index < -0.39 is 0 Å². The lowest BCUT2D eigenvalue weighted by Gasteiger charge is -1.97. The number of carbonyl (C=O) groups is 1. The maximum atomic E-state index is 11.1. The van der Waals surface area contributed by atoms with Crippen LogP contribution in [0.3, 0.4) is 0 Å². The molecule has 0 aromatic heterocycles. The molecule has 0 aliphatic carbocycles. The van der Waals surface area contributed by atoms with Gasteiger partial charge in [-0.15, -0.1) is 6.58 Å². The Balaban J connectivity index is 3.84. The van der Waals surface area contributed by atoms with E-state index in [1.54, 1.807) is 0 Å². The van der Waals surface area contributed by atoms with Crippen molar-refractivity contribution in [2.75, 3.05) is 0 Å². The summed E-state index contributed by atoms with van der Waals surface area (Å²) in [6, 6.07) is 0. The summed E-state index contributed by atoms with van der Waals surface area (Å²) in [5.41, 5.74) is 2.06. The van der Waals surface area contributed by atoms with Crippen LogP contribution in [0, 0.1) is 0 Å². The van der Waals surface area contributed by atoms with Gasteiger partial charge in [0.2, 0.25) is 0 Å². The molecule has 0 aromatic carbocycles. The lowest BCUT2D eigenvalue weighted by molar-refractivity contribution is -0.115. The second kappa shape index (κ2) is 5.76. The SMILES string of the molecule is C=C(C)CC/C=C(\C)C(=O)CC. The van der Waals surface area contributed by atoms with Crippen molar-refractivity contribution >= 4 is 5.78 Å². The zero-order chi connectivity index (χ0) is 9.56. The molecular weight excluding hydrogens is 148 g/mol. The summed E-state index contributed by atoms with van der Waals surface area (Å²) in [7, 11) is 0. The topological polar surface area (TPSA) is 17.1 Å². The van der Waals surface area contributed by atoms with Gasteiger partial charge in [-0.25, -0.2) is 0 Å². The van der Waals surface area contributed by atoms with E-state index in [0.29, 0.717) is 6.42 Å². The van der Waals surface area contributed by atoms with Gasteiger partial charge in [0.15, 0.2) is 5.78 Å². The fourth-order valence-corrected chi connectivity index (χ4v) is 0.928. The van der Waals surface area contributed by atoms with Crippen LogP contribution in [0.1, 0.15) is 40.0 Å². The van der Waals surface area contributed by atoms with Gasteiger partial charge in [-0.1, -0.05) is 18.6 Å². The second-order valence-electron chi connectivity index (χ2n) is 3.16. The Hall–Kier alpha value is -0.850. The van der Waals surface area contributed by atoms with Crippen molar-refractivity contribution in [1.82, 2.24) is 0 Å². The van der Waals surface area contributed by atoms with Gasteiger partial charge in [0.1, 0.15) is 0 Å². The van der Waals surface area contributed by atoms with Crippen LogP contribution in [-0.4, -0.2) is 5.78 Å². The van der Waals surface area contributed by atoms with E-state index in [2.05, 4.69) is 6.58 Å². The molecule has 68 valence electrons. The van der Waals surface area contributed by atoms with Gasteiger partial charge in [0.05, 0.1) is 0 Å². The molecule has 0 rings (SSSR count). The van der Waals surface area contributed by atoms with E-state index in [9.17, 15) is 4.79 Å². The van der Waals surface area contributed by atoms with Gasteiger partial charge in [0, 0.05) is 6.42 Å². The molecule has 0 heterocycles. The third-order valence-electron chi connectivity index (χ3n) is 1.78. The number of hydrogen-bond acceptors (Lipinski definition) is 1. The first-order valence-corrected chi connectivity index (χ1v) is 4.42. The van der Waals surface area contributed by atoms with E-state index in [0.717, 1.165) is 18.4 Å². The minimum atomic E-state index is 0.247. The summed E-state index contributed by atoms with van der Waals surface area (Å²) >= 11 is 0. The number of rotatable bonds is 5. The number of ketones is 1. The number of Topliss-reactive ketones (excluding diaryl/α,β-unsaturated/α-hetero) is 1. The van der Waals surface area contributed by atoms with Crippen LogP contribution in [0.15, 0.2) is 23.8 Å². The van der Waals surface area contributed by atoms with E-state index in [-0.39, 0.29) is 5.78 Å². The Morgan fingerprint density at radius 3 is 2.42 bits per heavy atom. The van der Waals surface area contributed by atoms with Crippen LogP contribution in [-0.2, 0) is 4.79 Å². The van der Waals surface area contributed by atoms with Crippen LogP contribution in [0.2, 0.25) is 0 Å². The van der Waals surface area contributed by atoms with E-state index in [1.165, 1.54) is 5.57 Å². The van der Waals surface area contributed by atoms with Gasteiger partial charge in [-0.3, -0.25) is 4.79 Å². The maximum absolute atomic E-state index is 11.1. The predicted molar refractivity (Wildman–Crippen MR) is 53.1 cm³/mol. The summed E-state index contributed by atoms with van der Waals surface area (Å²) in [6.45, 7) is 9.57. The summed E-state index contributed by atoms with van der Waals surface area (Å²) < 4.78 is 0. The smallest absolute Gasteiger partial charge is 0.157 e. The van der Waals surface area contributed by atoms with Gasteiger partial charge in [0.25, 0.3) is 0 Å². The standard InChI is InChI=1S/C11H18O/c1-5-11(12)10(4)8-6-7-9(2)3/h8H,2,5-7H2,1,3-4H3/b10-8+. The molecule has 0 spiro atoms. The molecule has 0 aromatic rings. The van der Waals surface area contributed by atoms with Crippen LogP contribution < -0.4 is 0 Å². The predicted octanol–water partition coefficient (Wildman–Crippen LogP) is 3.27. The van der Waals surface area contributed by atoms with E-state index >= 15 is 0 Å². The highest BCUT2D eigenvalue weighted by Gasteiger charge is 1.98. The molecular formula is C11H18O. The number of hydrogen-bond donors (Lipinski definition) is 0. The fraction of sp³-hybridized carbons (Fsp3) is 0.545. The Kier molecular flexibility index (Phi) is 5.35. The molecule has 0 atom stereocenters. The molecule has 0 aliphatic rings. The zero-order valence-corrected chi connectivity index (χ0v) is 8.31. The molecule has 0 saturated heterocycles. The van der Waals surface area contributed by atoms with Gasteiger partial charge in [-0.05, 0) is 32.3 Å². The minimum absolute atomic E-state index is 0.247. The molecule has 0 aliphatic heterocycles. The normalized spacial score (nSPS) is 11.4.